The lowest BCUT2D eigenvalue weighted by molar-refractivity contribution is -0.148. The largest absolute Gasteiger partial charge is 0.481 e. The number of hydrogen-bond acceptors (Lipinski definition) is 3. The van der Waals surface area contributed by atoms with Gasteiger partial charge in [0.15, 0.2) is 0 Å². The molecule has 1 aliphatic carbocycles. The molecule has 130 valence electrons. The van der Waals surface area contributed by atoms with Gasteiger partial charge in [-0.3, -0.25) is 9.59 Å². The van der Waals surface area contributed by atoms with Gasteiger partial charge in [0.2, 0.25) is 5.91 Å². The Morgan fingerprint density at radius 1 is 1.13 bits per heavy atom. The number of aliphatic carboxylic acids is 1. The fourth-order valence-corrected chi connectivity index (χ4v) is 3.49. The van der Waals surface area contributed by atoms with Gasteiger partial charge in [-0.1, -0.05) is 26.2 Å². The zero-order chi connectivity index (χ0) is 16.8. The first-order valence-corrected chi connectivity index (χ1v) is 8.52. The third kappa shape index (κ3) is 5.11. The number of carboxylic acids is 1. The zero-order valence-corrected chi connectivity index (χ0v) is 13.7. The van der Waals surface area contributed by atoms with E-state index in [1.54, 1.807) is 4.90 Å². The molecular weight excluding hydrogens is 298 g/mol. The van der Waals surface area contributed by atoms with Gasteiger partial charge in [-0.2, -0.15) is 0 Å². The lowest BCUT2D eigenvalue weighted by Gasteiger charge is -2.35. The Kier molecular flexibility index (Phi) is 6.24. The number of hydrogen-bond donors (Lipinski definition) is 3. The molecule has 0 bridgehead atoms. The van der Waals surface area contributed by atoms with Crippen molar-refractivity contribution in [3.63, 3.8) is 0 Å². The molecule has 7 nitrogen and oxygen atoms in total. The summed E-state index contributed by atoms with van der Waals surface area (Å²) in [5.41, 5.74) is 0. The monoisotopic (exact) mass is 325 g/mol. The molecule has 0 aromatic carbocycles. The van der Waals surface area contributed by atoms with Crippen LogP contribution in [0.25, 0.3) is 0 Å². The summed E-state index contributed by atoms with van der Waals surface area (Å²) in [4.78, 5) is 36.7. The number of piperidine rings is 1. The van der Waals surface area contributed by atoms with Crippen molar-refractivity contribution in [3.8, 4) is 0 Å². The lowest BCUT2D eigenvalue weighted by Crippen LogP contribution is -2.50. The minimum Gasteiger partial charge on any atom is -0.481 e. The zero-order valence-electron chi connectivity index (χ0n) is 13.7. The molecule has 7 heteroatoms. The van der Waals surface area contributed by atoms with Crippen molar-refractivity contribution in [2.75, 3.05) is 19.6 Å². The molecule has 23 heavy (non-hydrogen) atoms. The maximum absolute atomic E-state index is 12.2. The first-order chi connectivity index (χ1) is 11.0. The highest BCUT2D eigenvalue weighted by atomic mass is 16.4. The number of rotatable bonds is 4. The van der Waals surface area contributed by atoms with E-state index in [2.05, 4.69) is 10.6 Å². The van der Waals surface area contributed by atoms with Crippen molar-refractivity contribution >= 4 is 17.9 Å². The number of likely N-dealkylation sites (tertiary alicyclic amines) is 1. The van der Waals surface area contributed by atoms with E-state index < -0.39 is 5.97 Å². The Hall–Kier alpha value is -1.79. The van der Waals surface area contributed by atoms with Gasteiger partial charge in [-0.15, -0.1) is 0 Å². The molecule has 2 fully saturated rings. The van der Waals surface area contributed by atoms with Gasteiger partial charge in [0.1, 0.15) is 0 Å². The standard InChI is InChI=1S/C16H27N3O4/c1-11-10-19(8-7-13(11)15(21)22)14(20)9-17-16(23)18-12-5-3-2-4-6-12/h11-13H,2-10H2,1H3,(H,21,22)(H2,17,18,23). The first kappa shape index (κ1) is 17.6. The summed E-state index contributed by atoms with van der Waals surface area (Å²) in [5, 5.41) is 14.6. The molecule has 2 aliphatic rings. The number of amides is 3. The van der Waals surface area contributed by atoms with Gasteiger partial charge in [0.05, 0.1) is 12.5 Å². The number of nitrogens with zero attached hydrogens (tertiary/aromatic N) is 1. The van der Waals surface area contributed by atoms with Crippen LogP contribution >= 0.6 is 0 Å². The fourth-order valence-electron chi connectivity index (χ4n) is 3.49. The molecule has 2 unspecified atom stereocenters. The molecule has 1 saturated carbocycles. The molecule has 1 aliphatic heterocycles. The highest BCUT2D eigenvalue weighted by Gasteiger charge is 2.32. The van der Waals surface area contributed by atoms with Crippen LogP contribution in [0.15, 0.2) is 0 Å². The Morgan fingerprint density at radius 3 is 2.43 bits per heavy atom. The summed E-state index contributed by atoms with van der Waals surface area (Å²) in [6, 6.07) is -0.0797. The normalized spacial score (nSPS) is 25.7. The van der Waals surface area contributed by atoms with Gasteiger partial charge in [-0.05, 0) is 25.2 Å². The Balaban J connectivity index is 1.70. The highest BCUT2D eigenvalue weighted by Crippen LogP contribution is 2.23. The van der Waals surface area contributed by atoms with Crippen LogP contribution in [-0.2, 0) is 9.59 Å². The second-order valence-electron chi connectivity index (χ2n) is 6.71. The van der Waals surface area contributed by atoms with Crippen LogP contribution in [0, 0.1) is 11.8 Å². The number of nitrogens with one attached hydrogen (secondary N) is 2. The first-order valence-electron chi connectivity index (χ1n) is 8.52. The molecule has 1 saturated heterocycles. The number of urea groups is 1. The topological polar surface area (TPSA) is 98.7 Å². The molecule has 2 atom stereocenters. The number of carboxylic acid groups (broad SMARTS) is 1. The third-order valence-corrected chi connectivity index (χ3v) is 4.92. The SMILES string of the molecule is CC1CN(C(=O)CNC(=O)NC2CCCCC2)CCC1C(=O)O. The van der Waals surface area contributed by atoms with Crippen molar-refractivity contribution < 1.29 is 19.5 Å². The van der Waals surface area contributed by atoms with Gasteiger partial charge < -0.3 is 20.6 Å². The van der Waals surface area contributed by atoms with Crippen molar-refractivity contribution in [1.82, 2.24) is 15.5 Å². The molecule has 0 aromatic rings. The summed E-state index contributed by atoms with van der Waals surface area (Å²) in [6.07, 6.45) is 5.98. The van der Waals surface area contributed by atoms with Crippen LogP contribution in [0.3, 0.4) is 0 Å². The maximum atomic E-state index is 12.2. The lowest BCUT2D eigenvalue weighted by atomic mass is 9.87. The summed E-state index contributed by atoms with van der Waals surface area (Å²) in [7, 11) is 0. The molecule has 0 spiro atoms. The van der Waals surface area contributed by atoms with Crippen molar-refractivity contribution in [2.24, 2.45) is 11.8 Å². The van der Waals surface area contributed by atoms with Gasteiger partial charge >= 0.3 is 12.0 Å². The van der Waals surface area contributed by atoms with Crippen LogP contribution in [0.2, 0.25) is 0 Å². The van der Waals surface area contributed by atoms with E-state index in [9.17, 15) is 14.4 Å². The van der Waals surface area contributed by atoms with Gasteiger partial charge in [-0.25, -0.2) is 4.79 Å². The Labute approximate surface area is 136 Å². The third-order valence-electron chi connectivity index (χ3n) is 4.92. The van der Waals surface area contributed by atoms with Gasteiger partial charge in [0.25, 0.3) is 0 Å². The minimum absolute atomic E-state index is 0.0387. The van der Waals surface area contributed by atoms with Crippen LogP contribution in [0.1, 0.15) is 45.4 Å². The van der Waals surface area contributed by atoms with E-state index in [4.69, 9.17) is 5.11 Å². The van der Waals surface area contributed by atoms with Crippen LogP contribution in [0.4, 0.5) is 4.79 Å². The second-order valence-corrected chi connectivity index (χ2v) is 6.71. The van der Waals surface area contributed by atoms with E-state index in [-0.39, 0.29) is 36.4 Å². The molecule has 3 N–H and O–H groups in total. The second kappa shape index (κ2) is 8.17. The molecule has 3 amide bonds. The quantitative estimate of drug-likeness (QED) is 0.723. The maximum Gasteiger partial charge on any atom is 0.315 e. The molecular formula is C16H27N3O4. The van der Waals surface area contributed by atoms with E-state index in [0.717, 1.165) is 25.7 Å². The summed E-state index contributed by atoms with van der Waals surface area (Å²) < 4.78 is 0. The smallest absolute Gasteiger partial charge is 0.315 e. The van der Waals surface area contributed by atoms with E-state index >= 15 is 0 Å². The summed E-state index contributed by atoms with van der Waals surface area (Å²) in [5.74, 6) is -1.41. The highest BCUT2D eigenvalue weighted by molar-refractivity contribution is 5.84. The van der Waals surface area contributed by atoms with Crippen LogP contribution in [0.5, 0.6) is 0 Å². The number of carbonyl (C=O) groups is 3. The summed E-state index contributed by atoms with van der Waals surface area (Å²) >= 11 is 0. The Bertz CT molecular complexity index is 449. The predicted octanol–water partition coefficient (Wildman–Crippen LogP) is 1.19. The Morgan fingerprint density at radius 2 is 1.83 bits per heavy atom. The van der Waals surface area contributed by atoms with E-state index in [0.29, 0.717) is 19.5 Å². The van der Waals surface area contributed by atoms with Crippen molar-refractivity contribution in [3.05, 3.63) is 0 Å². The average molecular weight is 325 g/mol. The number of carbonyl (C=O) groups excluding carboxylic acids is 2. The van der Waals surface area contributed by atoms with Gasteiger partial charge in [0, 0.05) is 19.1 Å². The molecule has 0 aromatic heterocycles. The predicted molar refractivity (Wildman–Crippen MR) is 84.9 cm³/mol. The minimum atomic E-state index is -0.797. The molecule has 2 rings (SSSR count). The van der Waals surface area contributed by atoms with Crippen LogP contribution in [-0.4, -0.2) is 53.6 Å². The van der Waals surface area contributed by atoms with Crippen molar-refractivity contribution in [2.45, 2.75) is 51.5 Å². The van der Waals surface area contributed by atoms with E-state index in [1.807, 2.05) is 6.92 Å². The summed E-state index contributed by atoms with van der Waals surface area (Å²) in [6.45, 7) is 2.68. The van der Waals surface area contributed by atoms with Crippen molar-refractivity contribution in [1.29, 1.82) is 0 Å². The molecule has 1 heterocycles. The fraction of sp³-hybridized carbons (Fsp3) is 0.812. The molecule has 0 radical (unpaired) electrons. The van der Waals surface area contributed by atoms with Crippen LogP contribution < -0.4 is 10.6 Å². The van der Waals surface area contributed by atoms with E-state index in [1.165, 1.54) is 6.42 Å². The average Bonchev–Trinajstić information content (AvgIpc) is 2.53.